The first-order valence-corrected chi connectivity index (χ1v) is 44.1. The van der Waals surface area contributed by atoms with Crippen molar-refractivity contribution >= 4 is 125 Å². The third-order valence-corrected chi connectivity index (χ3v) is 24.0. The molecule has 9 nitrogen and oxygen atoms in total. The number of nitrogens with zero attached hydrogens (tertiary/aromatic N) is 7. The van der Waals surface area contributed by atoms with Gasteiger partial charge >= 0.3 is 26.2 Å². The fraction of sp³-hybridized carbons (Fsp3) is 0.168. The molecule has 0 fully saturated rings. The molecular formula is C113H105BBiFIrN7O2P-. The van der Waals surface area contributed by atoms with E-state index in [2.05, 4.69) is 416 Å². The standard InChI is InChI=1S/C51H38N2.C26H22N3.C24H16N2.C11H24O2.CH3BFP.Bi.Ir.2H/c1-51(2)47-19-11-9-17-43(47)44-31-30-42(34-48(44)51)52(40-26-21-36(22-27-40)35-13-5-3-6-14-35)41-28-23-37(24-29-41)38-25-32-50-46(33-38)45-18-10-12-20-49(45)53(50)39-15-7-4-8-16-39;1-26(2,3)25-16-22(27-17-28-25)18-13-14-24-21(15-18)20-11-7-8-12-23(20)29(24)19-9-5-4-6-10-19;1-3-7-17(8-4-1)19-13-15-25-23-21(19)11-12-22-20(14-16-26-24(22)23)18-9-5-2-6-10-18;1-10(2,3)8(12)7-9(13)11(4,5)6;2-4-1-3;;;;/h3-34H,1-2H3;4-12,14-17H,1-3H3;1-16H;8-9,12-13H,7H2,1-6H3;4H,1H2;;;;/q;-1;;;;;;;. The van der Waals surface area contributed by atoms with E-state index >= 15 is 0 Å². The molecule has 5 aromatic heterocycles. The molecule has 0 saturated carbocycles. The molecule has 20 rings (SSSR count). The summed E-state index contributed by atoms with van der Waals surface area (Å²) in [5.74, 6) is 0. The van der Waals surface area contributed by atoms with E-state index in [1.807, 2.05) is 72.1 Å². The van der Waals surface area contributed by atoms with Crippen LogP contribution in [0.15, 0.2) is 371 Å². The fourth-order valence-corrected chi connectivity index (χ4v) is 16.8. The number of pyridine rings is 2. The normalized spacial score (nSPS) is 12.6. The summed E-state index contributed by atoms with van der Waals surface area (Å²) in [6.45, 7) is 23.1. The van der Waals surface area contributed by atoms with E-state index in [0.29, 0.717) is 6.42 Å². The molecule has 3 unspecified atom stereocenters. The molecule has 0 saturated heterocycles. The van der Waals surface area contributed by atoms with Crippen molar-refractivity contribution in [3.63, 3.8) is 0 Å². The summed E-state index contributed by atoms with van der Waals surface area (Å²) in [6, 6.07) is 129. The van der Waals surface area contributed by atoms with Crippen molar-refractivity contribution in [1.29, 1.82) is 0 Å². The van der Waals surface area contributed by atoms with Crippen LogP contribution in [-0.2, 0) is 30.9 Å². The van der Waals surface area contributed by atoms with Crippen LogP contribution in [0, 0.1) is 16.9 Å². The van der Waals surface area contributed by atoms with E-state index in [9.17, 15) is 14.6 Å². The summed E-state index contributed by atoms with van der Waals surface area (Å²) >= 11 is 0. The number of anilines is 3. The number of hydrogen-bond acceptors (Lipinski definition) is 7. The van der Waals surface area contributed by atoms with Crippen molar-refractivity contribution in [2.45, 2.75) is 106 Å². The van der Waals surface area contributed by atoms with Gasteiger partial charge in [-0.15, -0.1) is 32.2 Å². The third kappa shape index (κ3) is 19.7. The number of aliphatic hydroxyl groups excluding tert-OH is 2. The quantitative estimate of drug-likeness (QED) is 0.0513. The van der Waals surface area contributed by atoms with Gasteiger partial charge in [0.2, 0.25) is 0 Å². The van der Waals surface area contributed by atoms with Gasteiger partial charge in [-0.1, -0.05) is 324 Å². The second-order valence-electron chi connectivity index (χ2n) is 35.6. The molecular weight excluding hydrogens is 1950 g/mol. The van der Waals surface area contributed by atoms with Crippen molar-refractivity contribution < 1.29 is 34.7 Å². The number of fused-ring (bicyclic) bond motifs is 12. The van der Waals surface area contributed by atoms with Crippen LogP contribution in [0.3, 0.4) is 0 Å². The average molecular weight is 2060 g/mol. The number of aliphatic hydroxyl groups is 2. The number of alkyl halides is 1. The molecule has 0 spiro atoms. The van der Waals surface area contributed by atoms with E-state index in [0.717, 1.165) is 67.0 Å². The molecule has 0 amide bonds. The Morgan fingerprint density at radius 2 is 0.803 bits per heavy atom. The average Bonchev–Trinajstić information content (AvgIpc) is 1.59. The Bertz CT molecular complexity index is 6870. The van der Waals surface area contributed by atoms with Crippen molar-refractivity contribution in [3.05, 3.63) is 393 Å². The van der Waals surface area contributed by atoms with Gasteiger partial charge in [0.25, 0.3) is 0 Å². The molecule has 14 heteroatoms. The zero-order valence-electron chi connectivity index (χ0n) is 73.7. The Kier molecular flexibility index (Phi) is 28.6. The number of hydrogen-bond donors (Lipinski definition) is 2. The Labute approximate surface area is 781 Å². The van der Waals surface area contributed by atoms with E-state index in [1.54, 1.807) is 6.33 Å². The van der Waals surface area contributed by atoms with Gasteiger partial charge in [-0.3, -0.25) is 15.0 Å². The molecule has 0 bridgehead atoms. The monoisotopic (exact) mass is 2050 g/mol. The van der Waals surface area contributed by atoms with E-state index in [-0.39, 0.29) is 82.8 Å². The van der Waals surface area contributed by atoms with Crippen LogP contribution in [0.25, 0.3) is 144 Å². The van der Waals surface area contributed by atoms with E-state index < -0.39 is 12.2 Å². The molecule has 14 aromatic carbocycles. The molecule has 1 aliphatic carbocycles. The zero-order chi connectivity index (χ0) is 87.2. The van der Waals surface area contributed by atoms with Gasteiger partial charge in [0.05, 0.1) is 40.7 Å². The van der Waals surface area contributed by atoms with Crippen LogP contribution in [0.1, 0.15) is 99.4 Å². The van der Waals surface area contributed by atoms with Gasteiger partial charge < -0.3 is 24.2 Å². The molecule has 1 aliphatic rings. The summed E-state index contributed by atoms with van der Waals surface area (Å²) in [5.41, 5.74) is 29.9. The molecule has 634 valence electrons. The molecule has 5 heterocycles. The SMILES string of the molecule is CC(C)(C)C(O)CC(O)C(C)(C)C.CC(C)(C)c1cc(-c2[c-]cc3c(c2)c2ccccc2n3-c2ccccc2)ncn1.CC1(C)c2ccccc2-c2ccc(N(c3ccc(-c4ccccc4)cc3)c3ccc(-c4ccc5c(c4)c4ccccc4n5-c4ccccc4)cc3)cc21.[B]PCF.[BiH2].[Ir].c1ccc(-c2ccnc3c2ccc2c(-c4ccccc4)ccnc23)cc1. The molecule has 2 N–H and O–H groups in total. The van der Waals surface area contributed by atoms with Gasteiger partial charge in [0.1, 0.15) is 13.9 Å². The fourth-order valence-electron chi connectivity index (χ4n) is 16.8. The topological polar surface area (TPSA) is 105 Å². The molecule has 19 aromatic rings. The van der Waals surface area contributed by atoms with E-state index in [4.69, 9.17) is 0 Å². The summed E-state index contributed by atoms with van der Waals surface area (Å²) in [7, 11) is 4.65. The Hall–Kier alpha value is -11.7. The first-order valence-electron chi connectivity index (χ1n) is 42.8. The van der Waals surface area contributed by atoms with Crippen LogP contribution >= 0.6 is 8.46 Å². The summed E-state index contributed by atoms with van der Waals surface area (Å²) in [5, 5.41) is 26.7. The predicted octanol–water partition coefficient (Wildman–Crippen LogP) is 28.3. The van der Waals surface area contributed by atoms with Gasteiger partial charge in [0, 0.05) is 111 Å². The third-order valence-electron chi connectivity index (χ3n) is 23.8. The maximum Gasteiger partial charge on any atom is 0.0970 e. The largest absolute Gasteiger partial charge is 0.254 e. The van der Waals surface area contributed by atoms with Crippen LogP contribution in [-0.4, -0.2) is 91.7 Å². The Morgan fingerprint density at radius 3 is 1.30 bits per heavy atom. The zero-order valence-corrected chi connectivity index (χ0v) is 81.6. The minimum Gasteiger partial charge on any atom is -0.254 e. The summed E-state index contributed by atoms with van der Waals surface area (Å²) < 4.78 is 15.3. The van der Waals surface area contributed by atoms with Crippen molar-refractivity contribution in [2.75, 3.05) is 11.3 Å². The number of aromatic nitrogens is 6. The molecule has 0 aliphatic heterocycles. The second kappa shape index (κ2) is 39.7. The maximum absolute atomic E-state index is 10.6. The summed E-state index contributed by atoms with van der Waals surface area (Å²) in [4.78, 5) is 20.7. The van der Waals surface area contributed by atoms with Gasteiger partial charge in [0.15, 0.2) is 0 Å². The second-order valence-corrected chi connectivity index (χ2v) is 36.3. The number of benzene rings is 14. The first-order chi connectivity index (χ1) is 60.4. The molecule has 3 atom stereocenters. The minimum absolute atomic E-state index is 0. The number of rotatable bonds is 13. The Balaban J connectivity index is 0.000000149. The van der Waals surface area contributed by atoms with Crippen molar-refractivity contribution in [2.24, 2.45) is 10.8 Å². The Morgan fingerprint density at radius 1 is 0.394 bits per heavy atom. The summed E-state index contributed by atoms with van der Waals surface area (Å²) in [6.07, 6.45) is 4.60. The van der Waals surface area contributed by atoms with Crippen LogP contribution in [0.5, 0.6) is 0 Å². The smallest absolute Gasteiger partial charge is 0.0970 e. The van der Waals surface area contributed by atoms with E-state index in [1.165, 1.54) is 111 Å². The molecule has 4 radical (unpaired) electrons. The van der Waals surface area contributed by atoms with Crippen LogP contribution < -0.4 is 4.90 Å². The van der Waals surface area contributed by atoms with Gasteiger partial charge in [-0.25, -0.2) is 9.37 Å². The predicted molar refractivity (Wildman–Crippen MR) is 535 cm³/mol. The van der Waals surface area contributed by atoms with Crippen LogP contribution in [0.2, 0.25) is 0 Å². The van der Waals surface area contributed by atoms with Crippen molar-refractivity contribution in [3.8, 4) is 78.3 Å². The number of halogens is 1. The van der Waals surface area contributed by atoms with Crippen LogP contribution in [0.4, 0.5) is 21.5 Å². The van der Waals surface area contributed by atoms with Gasteiger partial charge in [-0.2, -0.15) is 0 Å². The molecule has 127 heavy (non-hydrogen) atoms. The number of para-hydroxylation sites is 4. The minimum atomic E-state index is -0.443. The first kappa shape index (κ1) is 91.5. The van der Waals surface area contributed by atoms with Crippen molar-refractivity contribution in [1.82, 2.24) is 29.1 Å². The van der Waals surface area contributed by atoms with Gasteiger partial charge in [-0.05, 0) is 191 Å². The maximum atomic E-state index is 10.6.